The number of hydrogen-bond acceptors (Lipinski definition) is 3. The van der Waals surface area contributed by atoms with Crippen LogP contribution in [-0.2, 0) is 6.42 Å². The van der Waals surface area contributed by atoms with Crippen molar-refractivity contribution in [3.63, 3.8) is 0 Å². The van der Waals surface area contributed by atoms with Gasteiger partial charge >= 0.3 is 0 Å². The number of anilines is 1. The molecule has 0 saturated carbocycles. The second kappa shape index (κ2) is 8.82. The van der Waals surface area contributed by atoms with E-state index in [1.54, 1.807) is 7.11 Å². The zero-order valence-electron chi connectivity index (χ0n) is 14.5. The fraction of sp³-hybridized carbons (Fsp3) is 0.316. The van der Waals surface area contributed by atoms with Crippen LogP contribution >= 0.6 is 0 Å². The van der Waals surface area contributed by atoms with Gasteiger partial charge in [0.1, 0.15) is 6.10 Å². The van der Waals surface area contributed by atoms with E-state index in [0.717, 1.165) is 12.1 Å². The second-order valence-corrected chi connectivity index (χ2v) is 5.48. The molecule has 2 rings (SSSR count). The molecule has 0 bridgehead atoms. The van der Waals surface area contributed by atoms with E-state index < -0.39 is 0 Å². The van der Waals surface area contributed by atoms with Gasteiger partial charge < -0.3 is 20.5 Å². The Morgan fingerprint density at radius 3 is 2.62 bits per heavy atom. The number of para-hydroxylation sites is 2. The second-order valence-electron chi connectivity index (χ2n) is 5.48. The molecule has 0 heterocycles. The van der Waals surface area contributed by atoms with Gasteiger partial charge in [-0.2, -0.15) is 0 Å². The van der Waals surface area contributed by atoms with Gasteiger partial charge in [0.05, 0.1) is 13.7 Å². The van der Waals surface area contributed by atoms with Gasteiger partial charge in [0, 0.05) is 5.69 Å². The van der Waals surface area contributed by atoms with Crippen LogP contribution in [0.25, 0.3) is 0 Å². The topological polar surface area (TPSA) is 68.9 Å². The molecule has 5 heteroatoms. The minimum absolute atomic E-state index is 0.122. The fourth-order valence-electron chi connectivity index (χ4n) is 2.25. The Morgan fingerprint density at radius 1 is 1.17 bits per heavy atom. The zero-order chi connectivity index (χ0) is 17.4. The van der Waals surface area contributed by atoms with Crippen molar-refractivity contribution in [2.24, 2.45) is 10.7 Å². The zero-order valence-corrected chi connectivity index (χ0v) is 14.5. The molecular weight excluding hydrogens is 302 g/mol. The number of aliphatic imine (C=N–C) groups is 1. The fourth-order valence-corrected chi connectivity index (χ4v) is 2.25. The summed E-state index contributed by atoms with van der Waals surface area (Å²) in [5, 5.41) is 3.11. The van der Waals surface area contributed by atoms with E-state index in [1.807, 2.05) is 43.3 Å². The van der Waals surface area contributed by atoms with Crippen LogP contribution < -0.4 is 20.5 Å². The van der Waals surface area contributed by atoms with Crippen molar-refractivity contribution in [1.82, 2.24) is 0 Å². The third-order valence-electron chi connectivity index (χ3n) is 3.52. The number of aryl methyl sites for hydroxylation is 1. The Labute approximate surface area is 143 Å². The molecule has 0 saturated heterocycles. The summed E-state index contributed by atoms with van der Waals surface area (Å²) in [4.78, 5) is 4.34. The van der Waals surface area contributed by atoms with Crippen molar-refractivity contribution in [3.8, 4) is 11.5 Å². The molecule has 0 aliphatic heterocycles. The van der Waals surface area contributed by atoms with Gasteiger partial charge in [-0.15, -0.1) is 0 Å². The van der Waals surface area contributed by atoms with Gasteiger partial charge in [0.25, 0.3) is 0 Å². The molecule has 1 unspecified atom stereocenters. The lowest BCUT2D eigenvalue weighted by Gasteiger charge is -2.15. The molecule has 0 aromatic heterocycles. The van der Waals surface area contributed by atoms with E-state index in [2.05, 4.69) is 29.4 Å². The molecule has 2 aromatic carbocycles. The van der Waals surface area contributed by atoms with Crippen molar-refractivity contribution in [2.45, 2.75) is 26.4 Å². The maximum Gasteiger partial charge on any atom is 0.193 e. The van der Waals surface area contributed by atoms with Gasteiger partial charge in [0.15, 0.2) is 17.5 Å². The smallest absolute Gasteiger partial charge is 0.193 e. The molecule has 2 aromatic rings. The van der Waals surface area contributed by atoms with E-state index in [9.17, 15) is 0 Å². The molecule has 0 spiro atoms. The monoisotopic (exact) mass is 327 g/mol. The maximum absolute atomic E-state index is 5.95. The summed E-state index contributed by atoms with van der Waals surface area (Å²) in [6, 6.07) is 15.7. The van der Waals surface area contributed by atoms with Gasteiger partial charge in [0.2, 0.25) is 0 Å². The number of nitrogens with zero attached hydrogens (tertiary/aromatic N) is 1. The number of hydrogen-bond donors (Lipinski definition) is 2. The lowest BCUT2D eigenvalue weighted by molar-refractivity contribution is 0.219. The third-order valence-corrected chi connectivity index (χ3v) is 3.52. The van der Waals surface area contributed by atoms with Crippen molar-refractivity contribution >= 4 is 11.6 Å². The maximum atomic E-state index is 5.95. The Bertz CT molecular complexity index is 686. The molecule has 0 aliphatic rings. The molecule has 3 N–H and O–H groups in total. The third kappa shape index (κ3) is 5.19. The highest BCUT2D eigenvalue weighted by Gasteiger charge is 2.08. The van der Waals surface area contributed by atoms with Gasteiger partial charge in [-0.1, -0.05) is 31.2 Å². The first-order valence-corrected chi connectivity index (χ1v) is 8.08. The molecule has 0 fully saturated rings. The van der Waals surface area contributed by atoms with Crippen molar-refractivity contribution in [3.05, 3.63) is 54.1 Å². The average molecular weight is 327 g/mol. The highest BCUT2D eigenvalue weighted by atomic mass is 16.5. The standard InChI is InChI=1S/C19H25N3O2/c1-4-15-8-7-9-16(12-15)22-19(20)21-13-14(2)24-18-11-6-5-10-17(18)23-3/h5-12,14H,4,13H2,1-3H3,(H3,20,21,22). The van der Waals surface area contributed by atoms with Crippen LogP contribution in [0.5, 0.6) is 11.5 Å². The van der Waals surface area contributed by atoms with Gasteiger partial charge in [-0.3, -0.25) is 0 Å². The molecule has 0 radical (unpaired) electrons. The number of methoxy groups -OCH3 is 1. The van der Waals surface area contributed by atoms with Gasteiger partial charge in [-0.05, 0) is 43.2 Å². The predicted molar refractivity (Wildman–Crippen MR) is 99.0 cm³/mol. The average Bonchev–Trinajstić information content (AvgIpc) is 2.60. The van der Waals surface area contributed by atoms with Crippen molar-refractivity contribution in [1.29, 1.82) is 0 Å². The van der Waals surface area contributed by atoms with E-state index in [4.69, 9.17) is 15.2 Å². The molecular formula is C19H25N3O2. The lowest BCUT2D eigenvalue weighted by Crippen LogP contribution is -2.25. The van der Waals surface area contributed by atoms with E-state index in [0.29, 0.717) is 24.0 Å². The van der Waals surface area contributed by atoms with Gasteiger partial charge in [-0.25, -0.2) is 4.99 Å². The van der Waals surface area contributed by atoms with Crippen LogP contribution in [0.1, 0.15) is 19.4 Å². The van der Waals surface area contributed by atoms with Crippen LogP contribution in [0.4, 0.5) is 5.69 Å². The first kappa shape index (κ1) is 17.7. The molecule has 5 nitrogen and oxygen atoms in total. The largest absolute Gasteiger partial charge is 0.493 e. The highest BCUT2D eigenvalue weighted by Crippen LogP contribution is 2.26. The Kier molecular flexibility index (Phi) is 6.49. The Hall–Kier alpha value is -2.69. The minimum Gasteiger partial charge on any atom is -0.493 e. The van der Waals surface area contributed by atoms with Crippen LogP contribution in [0.2, 0.25) is 0 Å². The molecule has 0 amide bonds. The van der Waals surface area contributed by atoms with E-state index in [-0.39, 0.29) is 6.10 Å². The number of ether oxygens (including phenoxy) is 2. The van der Waals surface area contributed by atoms with E-state index in [1.165, 1.54) is 5.56 Å². The van der Waals surface area contributed by atoms with Crippen LogP contribution in [0.15, 0.2) is 53.5 Å². The lowest BCUT2D eigenvalue weighted by atomic mass is 10.1. The first-order chi connectivity index (χ1) is 11.6. The number of benzene rings is 2. The molecule has 1 atom stereocenters. The van der Waals surface area contributed by atoms with E-state index >= 15 is 0 Å². The molecule has 128 valence electrons. The van der Waals surface area contributed by atoms with Crippen LogP contribution in [0, 0.1) is 0 Å². The summed E-state index contributed by atoms with van der Waals surface area (Å²) >= 11 is 0. The number of nitrogens with one attached hydrogen (secondary N) is 1. The summed E-state index contributed by atoms with van der Waals surface area (Å²) in [6.07, 6.45) is 0.861. The normalized spacial score (nSPS) is 12.5. The Balaban J connectivity index is 1.91. The number of guanidine groups is 1. The Morgan fingerprint density at radius 2 is 1.92 bits per heavy atom. The summed E-state index contributed by atoms with van der Waals surface area (Å²) in [5.41, 5.74) is 8.14. The summed E-state index contributed by atoms with van der Waals surface area (Å²) < 4.78 is 11.1. The number of rotatable bonds is 7. The predicted octanol–water partition coefficient (Wildman–Crippen LogP) is 3.45. The highest BCUT2D eigenvalue weighted by molar-refractivity contribution is 5.92. The van der Waals surface area contributed by atoms with Crippen LogP contribution in [-0.4, -0.2) is 25.7 Å². The summed E-state index contributed by atoms with van der Waals surface area (Å²) in [6.45, 7) is 4.51. The summed E-state index contributed by atoms with van der Waals surface area (Å²) in [5.74, 6) is 1.78. The molecule has 0 aliphatic carbocycles. The van der Waals surface area contributed by atoms with Crippen molar-refractivity contribution < 1.29 is 9.47 Å². The summed E-state index contributed by atoms with van der Waals surface area (Å²) in [7, 11) is 1.62. The molecule has 24 heavy (non-hydrogen) atoms. The SMILES string of the molecule is CCc1cccc(NC(N)=NCC(C)Oc2ccccc2OC)c1. The van der Waals surface area contributed by atoms with Crippen molar-refractivity contribution in [2.75, 3.05) is 19.0 Å². The minimum atomic E-state index is -0.122. The quantitative estimate of drug-likeness (QED) is 0.604. The van der Waals surface area contributed by atoms with Crippen LogP contribution in [0.3, 0.4) is 0 Å². The number of nitrogens with two attached hydrogens (primary N) is 1. The first-order valence-electron chi connectivity index (χ1n) is 8.08.